The standard InChI is InChI=1S/C12H12O4/c13-10-4-3-8-2-1-7(6-11(14)15)5-9(8)12(10)16/h1-5,10,12-13,16H,6H2,(H,14,15). The van der Waals surface area contributed by atoms with E-state index < -0.39 is 18.2 Å². The Morgan fingerprint density at radius 3 is 2.75 bits per heavy atom. The number of hydrogen-bond acceptors (Lipinski definition) is 3. The Hall–Kier alpha value is -1.65. The van der Waals surface area contributed by atoms with Crippen LogP contribution >= 0.6 is 0 Å². The lowest BCUT2D eigenvalue weighted by atomic mass is 9.91. The minimum absolute atomic E-state index is 0.0835. The summed E-state index contributed by atoms with van der Waals surface area (Å²) < 4.78 is 0. The molecule has 4 nitrogen and oxygen atoms in total. The zero-order chi connectivity index (χ0) is 11.7. The number of carboxylic acid groups (broad SMARTS) is 1. The van der Waals surface area contributed by atoms with E-state index in [9.17, 15) is 15.0 Å². The van der Waals surface area contributed by atoms with E-state index >= 15 is 0 Å². The van der Waals surface area contributed by atoms with Gasteiger partial charge in [-0.3, -0.25) is 4.79 Å². The zero-order valence-electron chi connectivity index (χ0n) is 8.50. The number of rotatable bonds is 2. The number of hydrogen-bond donors (Lipinski definition) is 3. The van der Waals surface area contributed by atoms with Crippen LogP contribution in [0.3, 0.4) is 0 Å². The maximum atomic E-state index is 10.6. The minimum Gasteiger partial charge on any atom is -0.481 e. The first-order valence-corrected chi connectivity index (χ1v) is 4.97. The Morgan fingerprint density at radius 1 is 1.31 bits per heavy atom. The van der Waals surface area contributed by atoms with Crippen molar-refractivity contribution in [3.63, 3.8) is 0 Å². The maximum absolute atomic E-state index is 10.6. The van der Waals surface area contributed by atoms with Gasteiger partial charge in [0.25, 0.3) is 0 Å². The van der Waals surface area contributed by atoms with Crippen molar-refractivity contribution in [2.75, 3.05) is 0 Å². The van der Waals surface area contributed by atoms with Crippen LogP contribution in [0.25, 0.3) is 6.08 Å². The minimum atomic E-state index is -0.978. The molecule has 1 aromatic carbocycles. The molecule has 0 radical (unpaired) electrons. The van der Waals surface area contributed by atoms with Crippen LogP contribution in [0.4, 0.5) is 0 Å². The van der Waals surface area contributed by atoms with E-state index in [0.717, 1.165) is 5.56 Å². The second-order valence-electron chi connectivity index (χ2n) is 3.83. The van der Waals surface area contributed by atoms with Gasteiger partial charge in [0.15, 0.2) is 0 Å². The molecule has 0 saturated carbocycles. The van der Waals surface area contributed by atoms with Gasteiger partial charge >= 0.3 is 5.97 Å². The Balaban J connectivity index is 2.37. The molecule has 0 bridgehead atoms. The van der Waals surface area contributed by atoms with E-state index in [1.165, 1.54) is 6.08 Å². The molecule has 0 spiro atoms. The summed E-state index contributed by atoms with van der Waals surface area (Å²) in [5, 5.41) is 27.8. The smallest absolute Gasteiger partial charge is 0.307 e. The van der Waals surface area contributed by atoms with Crippen molar-refractivity contribution >= 4 is 12.0 Å². The van der Waals surface area contributed by atoms with Crippen molar-refractivity contribution in [2.24, 2.45) is 0 Å². The topological polar surface area (TPSA) is 77.8 Å². The molecule has 4 heteroatoms. The molecule has 1 aliphatic rings. The van der Waals surface area contributed by atoms with Gasteiger partial charge in [-0.05, 0) is 16.7 Å². The van der Waals surface area contributed by atoms with Gasteiger partial charge in [0.2, 0.25) is 0 Å². The highest BCUT2D eigenvalue weighted by molar-refractivity contribution is 5.71. The van der Waals surface area contributed by atoms with Crippen molar-refractivity contribution < 1.29 is 20.1 Å². The summed E-state index contributed by atoms with van der Waals surface area (Å²) in [5.41, 5.74) is 2.01. The lowest BCUT2D eigenvalue weighted by Crippen LogP contribution is -2.19. The maximum Gasteiger partial charge on any atom is 0.307 e. The van der Waals surface area contributed by atoms with Gasteiger partial charge in [0.05, 0.1) is 6.42 Å². The van der Waals surface area contributed by atoms with Gasteiger partial charge in [-0.2, -0.15) is 0 Å². The summed E-state index contributed by atoms with van der Waals surface area (Å²) in [7, 11) is 0. The monoisotopic (exact) mass is 220 g/mol. The molecule has 0 heterocycles. The molecule has 16 heavy (non-hydrogen) atoms. The quantitative estimate of drug-likeness (QED) is 0.686. The fourth-order valence-electron chi connectivity index (χ4n) is 1.81. The third-order valence-electron chi connectivity index (χ3n) is 2.62. The lowest BCUT2D eigenvalue weighted by molar-refractivity contribution is -0.136. The fraction of sp³-hybridized carbons (Fsp3) is 0.250. The second kappa shape index (κ2) is 4.08. The summed E-state index contributed by atoms with van der Waals surface area (Å²) in [5.74, 6) is -0.915. The van der Waals surface area contributed by atoms with Crippen molar-refractivity contribution in [3.8, 4) is 0 Å². The SMILES string of the molecule is O=C(O)Cc1ccc2c(c1)C(O)C(O)C=C2. The molecule has 0 aromatic heterocycles. The molecular weight excluding hydrogens is 208 g/mol. The highest BCUT2D eigenvalue weighted by Gasteiger charge is 2.22. The van der Waals surface area contributed by atoms with Crippen molar-refractivity contribution in [2.45, 2.75) is 18.6 Å². The number of aliphatic carboxylic acids is 1. The van der Waals surface area contributed by atoms with E-state index in [0.29, 0.717) is 11.1 Å². The summed E-state index contributed by atoms with van der Waals surface area (Å²) in [6.07, 6.45) is 1.25. The van der Waals surface area contributed by atoms with Crippen molar-refractivity contribution in [3.05, 3.63) is 41.0 Å². The molecule has 0 saturated heterocycles. The molecule has 0 aliphatic heterocycles. The van der Waals surface area contributed by atoms with E-state index in [1.807, 2.05) is 0 Å². The lowest BCUT2D eigenvalue weighted by Gasteiger charge is -2.22. The molecular formula is C12H12O4. The molecule has 1 aromatic rings. The van der Waals surface area contributed by atoms with Crippen LogP contribution in [0.15, 0.2) is 24.3 Å². The predicted octanol–water partition coefficient (Wildman–Crippen LogP) is 0.735. The number of aliphatic hydroxyl groups is 2. The van der Waals surface area contributed by atoms with Crippen LogP contribution in [0.5, 0.6) is 0 Å². The highest BCUT2D eigenvalue weighted by atomic mass is 16.4. The Bertz CT molecular complexity index is 450. The Labute approximate surface area is 92.5 Å². The summed E-state index contributed by atoms with van der Waals surface area (Å²) in [6.45, 7) is 0. The average molecular weight is 220 g/mol. The predicted molar refractivity (Wildman–Crippen MR) is 57.8 cm³/mol. The van der Waals surface area contributed by atoms with Crippen LogP contribution < -0.4 is 0 Å². The summed E-state index contributed by atoms with van der Waals surface area (Å²) >= 11 is 0. The molecule has 0 amide bonds. The van der Waals surface area contributed by atoms with Crippen LogP contribution in [-0.4, -0.2) is 27.4 Å². The van der Waals surface area contributed by atoms with Gasteiger partial charge in [0.1, 0.15) is 12.2 Å². The average Bonchev–Trinajstić information content (AvgIpc) is 2.23. The summed E-state index contributed by atoms with van der Waals surface area (Å²) in [6, 6.07) is 5.09. The first kappa shape index (κ1) is 10.9. The van der Waals surface area contributed by atoms with E-state index in [2.05, 4.69) is 0 Å². The van der Waals surface area contributed by atoms with Gasteiger partial charge in [-0.25, -0.2) is 0 Å². The molecule has 2 unspecified atom stereocenters. The van der Waals surface area contributed by atoms with Crippen molar-refractivity contribution in [1.29, 1.82) is 0 Å². The van der Waals surface area contributed by atoms with Crippen LogP contribution in [-0.2, 0) is 11.2 Å². The first-order valence-electron chi connectivity index (χ1n) is 4.97. The first-order chi connectivity index (χ1) is 7.58. The van der Waals surface area contributed by atoms with E-state index in [1.54, 1.807) is 24.3 Å². The molecule has 1 aliphatic carbocycles. The molecule has 2 rings (SSSR count). The number of benzene rings is 1. The number of carbonyl (C=O) groups is 1. The number of aliphatic hydroxyl groups excluding tert-OH is 2. The van der Waals surface area contributed by atoms with Crippen LogP contribution in [0.2, 0.25) is 0 Å². The van der Waals surface area contributed by atoms with Gasteiger partial charge < -0.3 is 15.3 Å². The zero-order valence-corrected chi connectivity index (χ0v) is 8.50. The summed E-state index contributed by atoms with van der Waals surface area (Å²) in [4.78, 5) is 10.6. The van der Waals surface area contributed by atoms with Crippen LogP contribution in [0.1, 0.15) is 22.8 Å². The van der Waals surface area contributed by atoms with Crippen LogP contribution in [0, 0.1) is 0 Å². The fourth-order valence-corrected chi connectivity index (χ4v) is 1.81. The normalized spacial score (nSPS) is 22.9. The number of fused-ring (bicyclic) bond motifs is 1. The van der Waals surface area contributed by atoms with Gasteiger partial charge in [-0.15, -0.1) is 0 Å². The second-order valence-corrected chi connectivity index (χ2v) is 3.83. The van der Waals surface area contributed by atoms with Gasteiger partial charge in [-0.1, -0.05) is 30.4 Å². The number of carboxylic acids is 1. The Kier molecular flexibility index (Phi) is 2.77. The van der Waals surface area contributed by atoms with E-state index in [-0.39, 0.29) is 6.42 Å². The molecule has 84 valence electrons. The third-order valence-corrected chi connectivity index (χ3v) is 2.62. The molecule has 2 atom stereocenters. The van der Waals surface area contributed by atoms with Gasteiger partial charge in [0, 0.05) is 0 Å². The van der Waals surface area contributed by atoms with Crippen molar-refractivity contribution in [1.82, 2.24) is 0 Å². The molecule has 3 N–H and O–H groups in total. The molecule has 0 fully saturated rings. The van der Waals surface area contributed by atoms with E-state index in [4.69, 9.17) is 5.11 Å². The largest absolute Gasteiger partial charge is 0.481 e. The highest BCUT2D eigenvalue weighted by Crippen LogP contribution is 2.28. The third kappa shape index (κ3) is 1.98. The Morgan fingerprint density at radius 2 is 2.06 bits per heavy atom.